The minimum absolute atomic E-state index is 0.0571. The average Bonchev–Trinajstić information content (AvgIpc) is 3.36. The molecule has 2 amide bonds. The van der Waals surface area contributed by atoms with Gasteiger partial charge in [0.2, 0.25) is 0 Å². The Morgan fingerprint density at radius 1 is 1.24 bits per heavy atom. The van der Waals surface area contributed by atoms with Crippen LogP contribution in [-0.2, 0) is 11.3 Å². The van der Waals surface area contributed by atoms with Crippen LogP contribution >= 0.6 is 22.9 Å². The molecule has 0 spiro atoms. The summed E-state index contributed by atoms with van der Waals surface area (Å²) in [7, 11) is 0. The van der Waals surface area contributed by atoms with Gasteiger partial charge >= 0.3 is 5.97 Å². The lowest BCUT2D eigenvalue weighted by molar-refractivity contribution is 0.0506. The van der Waals surface area contributed by atoms with Gasteiger partial charge in [-0.15, -0.1) is 11.3 Å². The molecule has 2 aromatic heterocycles. The normalized spacial score (nSPS) is 10.7. The number of hydrogen-bond acceptors (Lipinski definition) is 7. The highest BCUT2D eigenvalue weighted by molar-refractivity contribution is 7.18. The lowest BCUT2D eigenvalue weighted by Crippen LogP contribution is -2.15. The zero-order valence-corrected chi connectivity index (χ0v) is 19.3. The third kappa shape index (κ3) is 5.71. The highest BCUT2D eigenvalue weighted by Gasteiger charge is 2.26. The summed E-state index contributed by atoms with van der Waals surface area (Å²) >= 11 is 6.80. The van der Waals surface area contributed by atoms with Gasteiger partial charge in [-0.2, -0.15) is 0 Å². The molecule has 3 rings (SSSR count). The van der Waals surface area contributed by atoms with E-state index in [1.54, 1.807) is 6.92 Å². The SMILES string of the molecule is CCCOC(=O)c1c(NC(=O)c2ccc(COc3ccc(F)cc3Cl)o2)sc(C(N)=O)c1C. The minimum Gasteiger partial charge on any atom is -0.484 e. The topological polar surface area (TPSA) is 121 Å². The van der Waals surface area contributed by atoms with E-state index in [4.69, 9.17) is 31.2 Å². The number of rotatable bonds is 9. The van der Waals surface area contributed by atoms with Crippen LogP contribution in [0.4, 0.5) is 9.39 Å². The molecule has 0 aliphatic rings. The van der Waals surface area contributed by atoms with Gasteiger partial charge in [-0.25, -0.2) is 9.18 Å². The molecule has 0 radical (unpaired) electrons. The fourth-order valence-corrected chi connectivity index (χ4v) is 4.10. The quantitative estimate of drug-likeness (QED) is 0.406. The number of carbonyl (C=O) groups is 3. The second kappa shape index (κ2) is 10.5. The number of carbonyl (C=O) groups excluding carboxylic acids is 3. The van der Waals surface area contributed by atoms with E-state index >= 15 is 0 Å². The van der Waals surface area contributed by atoms with Gasteiger partial charge in [-0.3, -0.25) is 9.59 Å². The Morgan fingerprint density at radius 3 is 2.67 bits per heavy atom. The van der Waals surface area contributed by atoms with Crippen molar-refractivity contribution < 1.29 is 32.7 Å². The second-order valence-electron chi connectivity index (χ2n) is 6.84. The number of anilines is 1. The van der Waals surface area contributed by atoms with E-state index in [2.05, 4.69) is 5.32 Å². The highest BCUT2D eigenvalue weighted by Crippen LogP contribution is 2.34. The number of nitrogens with one attached hydrogen (secondary N) is 1. The van der Waals surface area contributed by atoms with Crippen molar-refractivity contribution >= 4 is 45.7 Å². The number of hydrogen-bond donors (Lipinski definition) is 2. The van der Waals surface area contributed by atoms with Crippen molar-refractivity contribution in [3.05, 3.63) is 68.7 Å². The molecule has 8 nitrogen and oxygen atoms in total. The highest BCUT2D eigenvalue weighted by atomic mass is 35.5. The maximum Gasteiger partial charge on any atom is 0.341 e. The van der Waals surface area contributed by atoms with E-state index in [1.165, 1.54) is 24.3 Å². The van der Waals surface area contributed by atoms with E-state index in [0.717, 1.165) is 17.4 Å². The number of amides is 2. The Labute approximate surface area is 197 Å². The van der Waals surface area contributed by atoms with E-state index in [9.17, 15) is 18.8 Å². The van der Waals surface area contributed by atoms with Gasteiger partial charge in [0.05, 0.1) is 22.1 Å². The molecule has 0 saturated heterocycles. The predicted octanol–water partition coefficient (Wildman–Crippen LogP) is 4.94. The molecule has 0 bridgehead atoms. The number of primary amides is 1. The fourth-order valence-electron chi connectivity index (χ4n) is 2.83. The molecule has 3 aromatic rings. The molecule has 11 heteroatoms. The number of halogens is 2. The van der Waals surface area contributed by atoms with E-state index in [-0.39, 0.29) is 45.2 Å². The fraction of sp³-hybridized carbons (Fsp3) is 0.227. The van der Waals surface area contributed by atoms with Gasteiger partial charge in [0, 0.05) is 0 Å². The van der Waals surface area contributed by atoms with Crippen molar-refractivity contribution in [1.29, 1.82) is 0 Å². The monoisotopic (exact) mass is 494 g/mol. The minimum atomic E-state index is -0.723. The van der Waals surface area contributed by atoms with E-state index < -0.39 is 23.6 Å². The lowest BCUT2D eigenvalue weighted by atomic mass is 10.1. The van der Waals surface area contributed by atoms with Crippen LogP contribution in [0.5, 0.6) is 5.75 Å². The Bertz CT molecular complexity index is 1210. The summed E-state index contributed by atoms with van der Waals surface area (Å²) in [5.41, 5.74) is 5.78. The largest absolute Gasteiger partial charge is 0.484 e. The summed E-state index contributed by atoms with van der Waals surface area (Å²) in [5, 5.41) is 2.80. The van der Waals surface area contributed by atoms with Crippen molar-refractivity contribution in [3.8, 4) is 5.75 Å². The third-order valence-electron chi connectivity index (χ3n) is 4.39. The predicted molar refractivity (Wildman–Crippen MR) is 121 cm³/mol. The first kappa shape index (κ1) is 24.3. The van der Waals surface area contributed by atoms with E-state index in [0.29, 0.717) is 17.7 Å². The van der Waals surface area contributed by atoms with Crippen LogP contribution < -0.4 is 15.8 Å². The molecule has 0 aliphatic heterocycles. The lowest BCUT2D eigenvalue weighted by Gasteiger charge is -2.07. The first-order chi connectivity index (χ1) is 15.7. The molecule has 0 unspecified atom stereocenters. The maximum atomic E-state index is 13.1. The first-order valence-corrected chi connectivity index (χ1v) is 11.0. The van der Waals surface area contributed by atoms with E-state index in [1.807, 2.05) is 6.92 Å². The van der Waals surface area contributed by atoms with Crippen LogP contribution in [0, 0.1) is 12.7 Å². The molecule has 0 atom stereocenters. The van der Waals surface area contributed by atoms with Gasteiger partial charge in [0.1, 0.15) is 28.9 Å². The number of benzene rings is 1. The number of furan rings is 1. The Morgan fingerprint density at radius 2 is 2.00 bits per heavy atom. The molecule has 2 heterocycles. The zero-order valence-electron chi connectivity index (χ0n) is 17.7. The molecule has 0 saturated carbocycles. The Balaban J connectivity index is 1.75. The van der Waals surface area contributed by atoms with Gasteiger partial charge in [-0.05, 0) is 49.2 Å². The molecule has 0 aliphatic carbocycles. The molecular weight excluding hydrogens is 475 g/mol. The third-order valence-corrected chi connectivity index (χ3v) is 5.91. The number of ether oxygens (including phenoxy) is 2. The number of thiophene rings is 1. The molecular formula is C22H20ClFN2O6S. The summed E-state index contributed by atoms with van der Waals surface area (Å²) in [6.45, 7) is 3.52. The van der Waals surface area contributed by atoms with Crippen molar-refractivity contribution in [2.24, 2.45) is 5.73 Å². The summed E-state index contributed by atoms with van der Waals surface area (Å²) in [6.07, 6.45) is 0.611. The smallest absolute Gasteiger partial charge is 0.341 e. The van der Waals surface area contributed by atoms with Crippen LogP contribution in [-0.4, -0.2) is 24.4 Å². The van der Waals surface area contributed by atoms with Gasteiger partial charge in [0.25, 0.3) is 11.8 Å². The van der Waals surface area contributed by atoms with Crippen LogP contribution in [0.3, 0.4) is 0 Å². The number of esters is 1. The van der Waals surface area contributed by atoms with Crippen molar-refractivity contribution in [2.75, 3.05) is 11.9 Å². The van der Waals surface area contributed by atoms with Gasteiger partial charge in [-0.1, -0.05) is 18.5 Å². The summed E-state index contributed by atoms with van der Waals surface area (Å²) < 4.78 is 29.3. The van der Waals surface area contributed by atoms with Crippen molar-refractivity contribution in [2.45, 2.75) is 26.9 Å². The molecule has 1 aromatic carbocycles. The maximum absolute atomic E-state index is 13.1. The van der Waals surface area contributed by atoms with Crippen molar-refractivity contribution in [3.63, 3.8) is 0 Å². The summed E-state index contributed by atoms with van der Waals surface area (Å²) in [5.74, 6) is -2.03. The number of nitrogens with two attached hydrogens (primary N) is 1. The Kier molecular flexibility index (Phi) is 7.72. The molecule has 33 heavy (non-hydrogen) atoms. The van der Waals surface area contributed by atoms with Gasteiger partial charge < -0.3 is 24.9 Å². The average molecular weight is 495 g/mol. The summed E-state index contributed by atoms with van der Waals surface area (Å²) in [6, 6.07) is 6.64. The second-order valence-corrected chi connectivity index (χ2v) is 8.27. The van der Waals surface area contributed by atoms with Crippen LogP contribution in [0.2, 0.25) is 5.02 Å². The Hall–Kier alpha value is -3.37. The van der Waals surface area contributed by atoms with Crippen LogP contribution in [0.15, 0.2) is 34.7 Å². The van der Waals surface area contributed by atoms with Gasteiger partial charge in [0.15, 0.2) is 5.76 Å². The molecule has 0 fully saturated rings. The zero-order chi connectivity index (χ0) is 24.1. The first-order valence-electron chi connectivity index (χ1n) is 9.79. The molecule has 174 valence electrons. The van der Waals surface area contributed by atoms with Crippen molar-refractivity contribution in [1.82, 2.24) is 0 Å². The van der Waals surface area contributed by atoms with Crippen LogP contribution in [0.25, 0.3) is 0 Å². The summed E-state index contributed by atoms with van der Waals surface area (Å²) in [4.78, 5) is 37.0. The molecule has 3 N–H and O–H groups in total. The van der Waals surface area contributed by atoms with Crippen LogP contribution in [0.1, 0.15) is 55.3 Å². The standard InChI is InChI=1S/C22H20ClFN2O6S/c1-3-8-30-22(29)17-11(2)18(19(25)27)33-21(17)26-20(28)16-7-5-13(32-16)10-31-15-6-4-12(24)9-14(15)23/h4-7,9H,3,8,10H2,1-2H3,(H2,25,27)(H,26,28).